The summed E-state index contributed by atoms with van der Waals surface area (Å²) < 4.78 is 1.44. The Morgan fingerprint density at radius 2 is 1.44 bits per heavy atom. The zero-order valence-electron chi connectivity index (χ0n) is 11.3. The largest absolute Gasteiger partial charge is 1.00 e. The van der Waals surface area contributed by atoms with E-state index in [1.807, 2.05) is 0 Å². The predicted octanol–water partition coefficient (Wildman–Crippen LogP) is 0.981. The lowest BCUT2D eigenvalue weighted by Crippen LogP contribution is -3.00. The van der Waals surface area contributed by atoms with Gasteiger partial charge in [0.1, 0.15) is 0 Å². The fourth-order valence-electron chi connectivity index (χ4n) is 2.93. The van der Waals surface area contributed by atoms with Crippen molar-refractivity contribution < 1.29 is 9.19 Å². The molecule has 0 atom stereocenters. The Bertz CT molecular complexity index is 153. The van der Waals surface area contributed by atoms with Gasteiger partial charge in [0.25, 0.3) is 0 Å². The molecular weight excluding hydrogens is 201 g/mol. The van der Waals surface area contributed by atoms with Crippen LogP contribution in [-0.2, 0) is 0 Å². The van der Waals surface area contributed by atoms with Crippen LogP contribution >= 0.6 is 0 Å². The van der Waals surface area contributed by atoms with Gasteiger partial charge in [-0.3, -0.25) is 0 Å². The van der Waals surface area contributed by atoms with Gasteiger partial charge in [-0.1, -0.05) is 26.2 Å². The number of hydrogen-bond donors (Lipinski definition) is 0. The van der Waals surface area contributed by atoms with E-state index in [9.17, 15) is 0 Å². The molecule has 0 aromatic rings. The van der Waals surface area contributed by atoms with Crippen molar-refractivity contribution >= 4 is 0 Å². The molecule has 1 nitrogen and oxygen atoms in total. The maximum absolute atomic E-state index is 2.39. The lowest BCUT2D eigenvalue weighted by molar-refractivity contribution is -0.931. The summed E-state index contributed by atoms with van der Waals surface area (Å²) in [7, 11) is 0. The molecule has 0 aromatic heterocycles. The molecule has 1 heterocycles. The molecule has 1 aliphatic heterocycles. The van der Waals surface area contributed by atoms with Crippen LogP contribution in [0.4, 0.5) is 0 Å². The zero-order chi connectivity index (χ0) is 11.0. The van der Waals surface area contributed by atoms with E-state index in [1.54, 1.807) is 0 Å². The van der Waals surface area contributed by atoms with Crippen molar-refractivity contribution in [3.8, 4) is 0 Å². The first-order valence-corrected chi connectivity index (χ1v) is 7.18. The highest BCUT2D eigenvalue weighted by atomic mass is 19.0. The van der Waals surface area contributed by atoms with Crippen molar-refractivity contribution in [2.75, 3.05) is 26.2 Å². The van der Waals surface area contributed by atoms with Gasteiger partial charge in [-0.2, -0.15) is 0 Å². The minimum Gasteiger partial charge on any atom is -1.00 e. The number of likely N-dealkylation sites (tertiary alicyclic amines) is 1. The van der Waals surface area contributed by atoms with Gasteiger partial charge >= 0.3 is 0 Å². The second-order valence-electron chi connectivity index (χ2n) is 5.30. The second kappa shape index (κ2) is 8.98. The number of unbranched alkanes of at least 4 members (excludes halogenated alkanes) is 4. The van der Waals surface area contributed by atoms with Gasteiger partial charge in [-0.05, 0) is 39.0 Å². The third kappa shape index (κ3) is 5.29. The molecule has 2 heteroatoms. The number of halogens is 1. The molecule has 0 radical (unpaired) electrons. The van der Waals surface area contributed by atoms with E-state index in [2.05, 4.69) is 13.8 Å². The molecule has 1 rings (SSSR count). The zero-order valence-corrected chi connectivity index (χ0v) is 11.3. The summed E-state index contributed by atoms with van der Waals surface area (Å²) >= 11 is 0. The molecule has 0 bridgehead atoms. The fraction of sp³-hybridized carbons (Fsp3) is 1.00. The van der Waals surface area contributed by atoms with E-state index in [4.69, 9.17) is 0 Å². The molecular formula is C14H30FN. The Labute approximate surface area is 101 Å². The first kappa shape index (κ1) is 15.9. The average molecular weight is 231 g/mol. The highest BCUT2D eigenvalue weighted by Gasteiger charge is 2.26. The standard InChI is InChI=1S/C14H30N.FH/c1-3-5-6-7-9-12-15(4-2)13-10-8-11-14-15;/h3-14H2,1-2H3;1H/q+1;/p-1. The summed E-state index contributed by atoms with van der Waals surface area (Å²) in [5.74, 6) is 0. The summed E-state index contributed by atoms with van der Waals surface area (Å²) in [6.07, 6.45) is 11.6. The van der Waals surface area contributed by atoms with Gasteiger partial charge in [-0.15, -0.1) is 0 Å². The number of quaternary nitrogens is 1. The van der Waals surface area contributed by atoms with Crippen molar-refractivity contribution in [1.82, 2.24) is 0 Å². The van der Waals surface area contributed by atoms with Crippen molar-refractivity contribution in [1.29, 1.82) is 0 Å². The minimum absolute atomic E-state index is 0. The van der Waals surface area contributed by atoms with Gasteiger partial charge in [0.2, 0.25) is 0 Å². The number of piperidine rings is 1. The molecule has 0 saturated carbocycles. The van der Waals surface area contributed by atoms with Crippen LogP contribution in [0.1, 0.15) is 65.2 Å². The lowest BCUT2D eigenvalue weighted by Gasteiger charge is -2.41. The molecule has 0 spiro atoms. The molecule has 0 N–H and O–H groups in total. The first-order valence-electron chi connectivity index (χ1n) is 7.18. The van der Waals surface area contributed by atoms with Gasteiger partial charge in [0.05, 0.1) is 26.2 Å². The Morgan fingerprint density at radius 1 is 0.812 bits per heavy atom. The number of rotatable bonds is 7. The summed E-state index contributed by atoms with van der Waals surface area (Å²) in [6, 6.07) is 0. The number of hydrogen-bond acceptors (Lipinski definition) is 0. The molecule has 16 heavy (non-hydrogen) atoms. The van der Waals surface area contributed by atoms with E-state index < -0.39 is 0 Å². The van der Waals surface area contributed by atoms with Gasteiger partial charge in [-0.25, -0.2) is 0 Å². The molecule has 1 fully saturated rings. The summed E-state index contributed by atoms with van der Waals surface area (Å²) in [4.78, 5) is 0. The molecule has 1 aliphatic rings. The minimum atomic E-state index is 0. The Morgan fingerprint density at radius 3 is 2.00 bits per heavy atom. The third-order valence-corrected chi connectivity index (χ3v) is 4.17. The molecule has 1 saturated heterocycles. The number of nitrogens with zero attached hydrogens (tertiary/aromatic N) is 1. The maximum Gasteiger partial charge on any atom is 0.0786 e. The molecule has 0 unspecified atom stereocenters. The van der Waals surface area contributed by atoms with E-state index in [0.29, 0.717) is 0 Å². The first-order chi connectivity index (χ1) is 7.33. The van der Waals surface area contributed by atoms with E-state index in [-0.39, 0.29) is 4.70 Å². The van der Waals surface area contributed by atoms with Crippen molar-refractivity contribution in [2.45, 2.75) is 65.2 Å². The van der Waals surface area contributed by atoms with Crippen molar-refractivity contribution in [2.24, 2.45) is 0 Å². The second-order valence-corrected chi connectivity index (χ2v) is 5.30. The van der Waals surface area contributed by atoms with E-state index >= 15 is 0 Å². The fourth-order valence-corrected chi connectivity index (χ4v) is 2.93. The van der Waals surface area contributed by atoms with Crippen LogP contribution in [0, 0.1) is 0 Å². The molecule has 0 aromatic carbocycles. The van der Waals surface area contributed by atoms with Crippen molar-refractivity contribution in [3.63, 3.8) is 0 Å². The smallest absolute Gasteiger partial charge is 0.0786 e. The topological polar surface area (TPSA) is 0 Å². The molecule has 98 valence electrons. The third-order valence-electron chi connectivity index (χ3n) is 4.17. The van der Waals surface area contributed by atoms with Crippen LogP contribution in [0.2, 0.25) is 0 Å². The summed E-state index contributed by atoms with van der Waals surface area (Å²) in [5.41, 5.74) is 0. The predicted molar refractivity (Wildman–Crippen MR) is 68.0 cm³/mol. The summed E-state index contributed by atoms with van der Waals surface area (Å²) in [6.45, 7) is 10.4. The lowest BCUT2D eigenvalue weighted by atomic mass is 10.1. The van der Waals surface area contributed by atoms with Crippen LogP contribution in [0.25, 0.3) is 0 Å². The SMILES string of the molecule is CCCCCCC[N+]1(CC)CCCCC1.[F-]. The van der Waals surface area contributed by atoms with Gasteiger partial charge in [0.15, 0.2) is 0 Å². The van der Waals surface area contributed by atoms with Crippen LogP contribution in [0.15, 0.2) is 0 Å². The maximum atomic E-state index is 2.39. The van der Waals surface area contributed by atoms with Crippen LogP contribution in [0.5, 0.6) is 0 Å². The molecule has 0 amide bonds. The molecule has 0 aliphatic carbocycles. The Hall–Kier alpha value is -0.110. The quantitative estimate of drug-likeness (QED) is 0.453. The van der Waals surface area contributed by atoms with E-state index in [0.717, 1.165) is 0 Å². The van der Waals surface area contributed by atoms with Crippen LogP contribution in [-0.4, -0.2) is 30.7 Å². The van der Waals surface area contributed by atoms with Gasteiger partial charge < -0.3 is 9.19 Å². The Balaban J connectivity index is 0.00000225. The Kier molecular flexibility index (Phi) is 8.91. The highest BCUT2D eigenvalue weighted by molar-refractivity contribution is 4.54. The van der Waals surface area contributed by atoms with Gasteiger partial charge in [0, 0.05) is 0 Å². The highest BCUT2D eigenvalue weighted by Crippen LogP contribution is 2.20. The van der Waals surface area contributed by atoms with E-state index in [1.165, 1.54) is 82.0 Å². The monoisotopic (exact) mass is 231 g/mol. The van der Waals surface area contributed by atoms with Crippen LogP contribution in [0.3, 0.4) is 0 Å². The van der Waals surface area contributed by atoms with Crippen LogP contribution < -0.4 is 4.70 Å². The van der Waals surface area contributed by atoms with Crippen molar-refractivity contribution in [3.05, 3.63) is 0 Å². The summed E-state index contributed by atoms with van der Waals surface area (Å²) in [5, 5.41) is 0. The average Bonchev–Trinajstić information content (AvgIpc) is 2.30. The normalized spacial score (nSPS) is 19.1.